The summed E-state index contributed by atoms with van der Waals surface area (Å²) in [5, 5.41) is 1.44. The maximum absolute atomic E-state index is 6.03. The zero-order chi connectivity index (χ0) is 13.1. The Morgan fingerprint density at radius 1 is 1.17 bits per heavy atom. The summed E-state index contributed by atoms with van der Waals surface area (Å²) in [6.07, 6.45) is 2.49. The standard InChI is InChI=1S/C15H19Cl2N/c1-11(2)13-4-3-5-18(10-13)9-12-6-14(16)8-15(17)7-12/h6-8H,3-5,9-10H2,1-2H3. The first kappa shape index (κ1) is 13.9. The van der Waals surface area contributed by atoms with Crippen molar-refractivity contribution in [2.24, 2.45) is 0 Å². The SMILES string of the molecule is CC(C)=C1CCCN(Cc2cc(Cl)cc(Cl)c2)C1. The smallest absolute Gasteiger partial charge is 0.0424 e. The Morgan fingerprint density at radius 3 is 2.44 bits per heavy atom. The molecule has 1 saturated heterocycles. The van der Waals surface area contributed by atoms with Gasteiger partial charge in [-0.15, -0.1) is 0 Å². The third-order valence-corrected chi connectivity index (χ3v) is 3.84. The molecule has 1 aromatic carbocycles. The van der Waals surface area contributed by atoms with Gasteiger partial charge < -0.3 is 0 Å². The van der Waals surface area contributed by atoms with Crippen molar-refractivity contribution in [3.8, 4) is 0 Å². The number of nitrogens with zero attached hydrogens (tertiary/aromatic N) is 1. The third-order valence-electron chi connectivity index (χ3n) is 3.40. The van der Waals surface area contributed by atoms with E-state index >= 15 is 0 Å². The van der Waals surface area contributed by atoms with Crippen LogP contribution in [0.2, 0.25) is 10.0 Å². The van der Waals surface area contributed by atoms with Crippen LogP contribution in [0.5, 0.6) is 0 Å². The fourth-order valence-corrected chi connectivity index (χ4v) is 3.02. The summed E-state index contributed by atoms with van der Waals surface area (Å²) in [5.41, 5.74) is 4.24. The number of halogens is 2. The predicted octanol–water partition coefficient (Wildman–Crippen LogP) is 4.93. The van der Waals surface area contributed by atoms with E-state index in [1.807, 2.05) is 12.1 Å². The molecule has 18 heavy (non-hydrogen) atoms. The summed E-state index contributed by atoms with van der Waals surface area (Å²) in [5.74, 6) is 0. The monoisotopic (exact) mass is 283 g/mol. The van der Waals surface area contributed by atoms with Crippen molar-refractivity contribution >= 4 is 23.2 Å². The molecular weight excluding hydrogens is 265 g/mol. The van der Waals surface area contributed by atoms with Crippen LogP contribution in [0.4, 0.5) is 0 Å². The summed E-state index contributed by atoms with van der Waals surface area (Å²) in [4.78, 5) is 2.47. The van der Waals surface area contributed by atoms with Gasteiger partial charge in [-0.2, -0.15) is 0 Å². The number of piperidine rings is 1. The first-order chi connectivity index (χ1) is 8.54. The molecule has 0 amide bonds. The summed E-state index contributed by atoms with van der Waals surface area (Å²) in [6.45, 7) is 7.56. The summed E-state index contributed by atoms with van der Waals surface area (Å²) >= 11 is 12.1. The Morgan fingerprint density at radius 2 is 1.83 bits per heavy atom. The molecule has 0 N–H and O–H groups in total. The van der Waals surface area contributed by atoms with Crippen LogP contribution in [0.25, 0.3) is 0 Å². The highest BCUT2D eigenvalue weighted by atomic mass is 35.5. The van der Waals surface area contributed by atoms with E-state index in [0.29, 0.717) is 0 Å². The summed E-state index contributed by atoms with van der Waals surface area (Å²) in [6, 6.07) is 5.79. The lowest BCUT2D eigenvalue weighted by Gasteiger charge is -2.29. The molecule has 1 aliphatic rings. The van der Waals surface area contributed by atoms with Crippen molar-refractivity contribution in [1.82, 2.24) is 4.90 Å². The zero-order valence-electron chi connectivity index (χ0n) is 11.0. The Bertz CT molecular complexity index is 441. The second kappa shape index (κ2) is 6.10. The van der Waals surface area contributed by atoms with E-state index in [4.69, 9.17) is 23.2 Å². The zero-order valence-corrected chi connectivity index (χ0v) is 12.5. The van der Waals surface area contributed by atoms with Crippen LogP contribution in [0.3, 0.4) is 0 Å². The normalized spacial score (nSPS) is 17.0. The van der Waals surface area contributed by atoms with Crippen LogP contribution in [-0.4, -0.2) is 18.0 Å². The fraction of sp³-hybridized carbons (Fsp3) is 0.467. The molecule has 0 aromatic heterocycles. The van der Waals surface area contributed by atoms with E-state index in [9.17, 15) is 0 Å². The van der Waals surface area contributed by atoms with E-state index in [0.717, 1.165) is 29.7 Å². The van der Waals surface area contributed by atoms with Crippen LogP contribution >= 0.6 is 23.2 Å². The lowest BCUT2D eigenvalue weighted by Crippen LogP contribution is -2.31. The van der Waals surface area contributed by atoms with E-state index < -0.39 is 0 Å². The molecule has 0 bridgehead atoms. The predicted molar refractivity (Wildman–Crippen MR) is 79.3 cm³/mol. The van der Waals surface area contributed by atoms with E-state index in [2.05, 4.69) is 18.7 Å². The minimum atomic E-state index is 0.719. The maximum Gasteiger partial charge on any atom is 0.0424 e. The molecule has 0 radical (unpaired) electrons. The van der Waals surface area contributed by atoms with Crippen molar-refractivity contribution < 1.29 is 0 Å². The largest absolute Gasteiger partial charge is 0.295 e. The molecule has 0 atom stereocenters. The fourth-order valence-electron chi connectivity index (χ4n) is 2.45. The highest BCUT2D eigenvalue weighted by Crippen LogP contribution is 2.23. The van der Waals surface area contributed by atoms with Gasteiger partial charge in [0, 0.05) is 23.1 Å². The van der Waals surface area contributed by atoms with Gasteiger partial charge in [-0.05, 0) is 57.0 Å². The molecular formula is C15H19Cl2N. The lowest BCUT2D eigenvalue weighted by atomic mass is 10.00. The van der Waals surface area contributed by atoms with Gasteiger partial charge in [-0.3, -0.25) is 4.90 Å². The molecule has 2 rings (SSSR count). The third kappa shape index (κ3) is 3.74. The van der Waals surface area contributed by atoms with Gasteiger partial charge in [-0.1, -0.05) is 34.3 Å². The number of hydrogen-bond donors (Lipinski definition) is 0. The lowest BCUT2D eigenvalue weighted by molar-refractivity contribution is 0.256. The number of likely N-dealkylation sites (tertiary alicyclic amines) is 1. The first-order valence-electron chi connectivity index (χ1n) is 6.37. The van der Waals surface area contributed by atoms with Crippen LogP contribution < -0.4 is 0 Å². The highest BCUT2D eigenvalue weighted by Gasteiger charge is 2.15. The minimum Gasteiger partial charge on any atom is -0.295 e. The van der Waals surface area contributed by atoms with Crippen molar-refractivity contribution in [3.63, 3.8) is 0 Å². The molecule has 1 heterocycles. The van der Waals surface area contributed by atoms with Crippen LogP contribution in [0.15, 0.2) is 29.3 Å². The Balaban J connectivity index is 2.07. The van der Waals surface area contributed by atoms with Crippen LogP contribution in [0, 0.1) is 0 Å². The van der Waals surface area contributed by atoms with Gasteiger partial charge >= 0.3 is 0 Å². The molecule has 0 spiro atoms. The Labute approximate surface area is 119 Å². The van der Waals surface area contributed by atoms with E-state index in [-0.39, 0.29) is 0 Å². The van der Waals surface area contributed by atoms with Crippen LogP contribution in [0.1, 0.15) is 32.3 Å². The molecule has 1 nitrogen and oxygen atoms in total. The van der Waals surface area contributed by atoms with Gasteiger partial charge in [0.2, 0.25) is 0 Å². The second-order valence-electron chi connectivity index (χ2n) is 5.20. The summed E-state index contributed by atoms with van der Waals surface area (Å²) < 4.78 is 0. The molecule has 0 saturated carbocycles. The van der Waals surface area contributed by atoms with E-state index in [1.54, 1.807) is 11.6 Å². The number of hydrogen-bond acceptors (Lipinski definition) is 1. The second-order valence-corrected chi connectivity index (χ2v) is 6.07. The first-order valence-corrected chi connectivity index (χ1v) is 7.13. The molecule has 0 unspecified atom stereocenters. The minimum absolute atomic E-state index is 0.719. The number of allylic oxidation sites excluding steroid dienone is 1. The maximum atomic E-state index is 6.03. The van der Waals surface area contributed by atoms with Gasteiger partial charge in [-0.25, -0.2) is 0 Å². The number of rotatable bonds is 2. The number of benzene rings is 1. The Kier molecular flexibility index (Phi) is 4.71. The molecule has 1 aromatic rings. The van der Waals surface area contributed by atoms with Gasteiger partial charge in [0.25, 0.3) is 0 Å². The van der Waals surface area contributed by atoms with Crippen LogP contribution in [-0.2, 0) is 6.54 Å². The van der Waals surface area contributed by atoms with Crippen molar-refractivity contribution in [2.75, 3.05) is 13.1 Å². The highest BCUT2D eigenvalue weighted by molar-refractivity contribution is 6.34. The molecule has 1 aliphatic heterocycles. The quantitative estimate of drug-likeness (QED) is 0.696. The Hall–Kier alpha value is -0.500. The topological polar surface area (TPSA) is 3.24 Å². The van der Waals surface area contributed by atoms with Gasteiger partial charge in [0.05, 0.1) is 0 Å². The molecule has 98 valence electrons. The van der Waals surface area contributed by atoms with Crippen molar-refractivity contribution in [1.29, 1.82) is 0 Å². The van der Waals surface area contributed by atoms with Gasteiger partial charge in [0.1, 0.15) is 0 Å². The van der Waals surface area contributed by atoms with Gasteiger partial charge in [0.15, 0.2) is 0 Å². The van der Waals surface area contributed by atoms with E-state index in [1.165, 1.54) is 24.0 Å². The average molecular weight is 284 g/mol. The molecule has 0 aliphatic carbocycles. The molecule has 3 heteroatoms. The van der Waals surface area contributed by atoms with Crippen molar-refractivity contribution in [2.45, 2.75) is 33.2 Å². The average Bonchev–Trinajstić information content (AvgIpc) is 2.27. The summed E-state index contributed by atoms with van der Waals surface area (Å²) in [7, 11) is 0. The molecule has 1 fully saturated rings. The van der Waals surface area contributed by atoms with Crippen molar-refractivity contribution in [3.05, 3.63) is 45.0 Å².